The molecular weight excluding hydrogens is 244 g/mol. The summed E-state index contributed by atoms with van der Waals surface area (Å²) in [7, 11) is 0. The SMILES string of the molecule is CC1(C(=O)O)CCCCN1C(=O)c1ccccc1N. The molecule has 0 spiro atoms. The Morgan fingerprint density at radius 1 is 1.32 bits per heavy atom. The number of hydrogen-bond acceptors (Lipinski definition) is 3. The Bertz CT molecular complexity index is 515. The van der Waals surface area contributed by atoms with Crippen LogP contribution in [0.3, 0.4) is 0 Å². The van der Waals surface area contributed by atoms with Crippen LogP contribution < -0.4 is 5.73 Å². The first kappa shape index (κ1) is 13.4. The zero-order valence-corrected chi connectivity index (χ0v) is 10.9. The Balaban J connectivity index is 2.36. The van der Waals surface area contributed by atoms with Gasteiger partial charge in [0.25, 0.3) is 5.91 Å². The van der Waals surface area contributed by atoms with Crippen molar-refractivity contribution in [2.75, 3.05) is 12.3 Å². The van der Waals surface area contributed by atoms with Crippen molar-refractivity contribution >= 4 is 17.6 Å². The molecule has 5 heteroatoms. The number of carbonyl (C=O) groups excluding carboxylic acids is 1. The van der Waals surface area contributed by atoms with Crippen molar-refractivity contribution < 1.29 is 14.7 Å². The number of likely N-dealkylation sites (tertiary alicyclic amines) is 1. The first-order valence-electron chi connectivity index (χ1n) is 6.36. The van der Waals surface area contributed by atoms with Gasteiger partial charge in [0.15, 0.2) is 0 Å². The van der Waals surface area contributed by atoms with Crippen LogP contribution >= 0.6 is 0 Å². The van der Waals surface area contributed by atoms with Gasteiger partial charge in [-0.05, 0) is 38.3 Å². The van der Waals surface area contributed by atoms with Gasteiger partial charge < -0.3 is 15.7 Å². The van der Waals surface area contributed by atoms with E-state index in [1.165, 1.54) is 4.90 Å². The zero-order chi connectivity index (χ0) is 14.0. The van der Waals surface area contributed by atoms with Crippen LogP contribution in [0.1, 0.15) is 36.5 Å². The fourth-order valence-electron chi connectivity index (χ4n) is 2.51. The molecule has 1 heterocycles. The van der Waals surface area contributed by atoms with E-state index in [-0.39, 0.29) is 5.91 Å². The van der Waals surface area contributed by atoms with Gasteiger partial charge in [-0.2, -0.15) is 0 Å². The Kier molecular flexibility index (Phi) is 3.46. The fourth-order valence-corrected chi connectivity index (χ4v) is 2.51. The number of rotatable bonds is 2. The van der Waals surface area contributed by atoms with E-state index in [9.17, 15) is 14.7 Å². The largest absolute Gasteiger partial charge is 0.480 e. The van der Waals surface area contributed by atoms with E-state index in [0.29, 0.717) is 24.2 Å². The number of para-hydroxylation sites is 1. The summed E-state index contributed by atoms with van der Waals surface area (Å²) in [6.45, 7) is 2.06. The number of carbonyl (C=O) groups is 2. The van der Waals surface area contributed by atoms with Crippen molar-refractivity contribution in [3.63, 3.8) is 0 Å². The number of nitrogens with zero attached hydrogens (tertiary/aromatic N) is 1. The molecule has 102 valence electrons. The van der Waals surface area contributed by atoms with E-state index >= 15 is 0 Å². The van der Waals surface area contributed by atoms with Crippen LogP contribution in [0.5, 0.6) is 0 Å². The third-order valence-corrected chi connectivity index (χ3v) is 3.79. The fraction of sp³-hybridized carbons (Fsp3) is 0.429. The van der Waals surface area contributed by atoms with E-state index < -0.39 is 11.5 Å². The van der Waals surface area contributed by atoms with Crippen molar-refractivity contribution in [1.82, 2.24) is 4.90 Å². The molecule has 0 radical (unpaired) electrons. The molecule has 2 rings (SSSR count). The van der Waals surface area contributed by atoms with Crippen molar-refractivity contribution in [3.05, 3.63) is 29.8 Å². The van der Waals surface area contributed by atoms with Crippen LogP contribution in [-0.4, -0.2) is 34.0 Å². The minimum atomic E-state index is -1.14. The molecule has 1 amide bonds. The quantitative estimate of drug-likeness (QED) is 0.795. The Hall–Kier alpha value is -2.04. The molecule has 19 heavy (non-hydrogen) atoms. The molecule has 3 N–H and O–H groups in total. The van der Waals surface area contributed by atoms with Gasteiger partial charge in [0.05, 0.1) is 5.56 Å². The molecule has 0 saturated carbocycles. The van der Waals surface area contributed by atoms with Gasteiger partial charge in [-0.15, -0.1) is 0 Å². The standard InChI is InChI=1S/C14H18N2O3/c1-14(13(18)19)8-4-5-9-16(14)12(17)10-6-2-3-7-11(10)15/h2-3,6-7H,4-5,8-9,15H2,1H3,(H,18,19). The lowest BCUT2D eigenvalue weighted by Crippen LogP contribution is -2.57. The van der Waals surface area contributed by atoms with Crippen LogP contribution in [0.15, 0.2) is 24.3 Å². The highest BCUT2D eigenvalue weighted by molar-refractivity contribution is 6.01. The number of benzene rings is 1. The van der Waals surface area contributed by atoms with E-state index in [4.69, 9.17) is 5.73 Å². The van der Waals surface area contributed by atoms with E-state index in [2.05, 4.69) is 0 Å². The molecule has 1 aliphatic rings. The number of piperidine rings is 1. The average Bonchev–Trinajstić information content (AvgIpc) is 2.39. The Labute approximate surface area is 112 Å². The van der Waals surface area contributed by atoms with E-state index in [1.54, 1.807) is 31.2 Å². The molecule has 1 aromatic carbocycles. The summed E-state index contributed by atoms with van der Waals surface area (Å²) in [6, 6.07) is 6.76. The smallest absolute Gasteiger partial charge is 0.329 e. The highest BCUT2D eigenvalue weighted by Gasteiger charge is 2.44. The monoisotopic (exact) mass is 262 g/mol. The van der Waals surface area contributed by atoms with Crippen molar-refractivity contribution in [2.24, 2.45) is 0 Å². The predicted octanol–water partition coefficient (Wildman–Crippen LogP) is 1.74. The molecule has 1 atom stereocenters. The molecule has 1 aromatic rings. The molecule has 0 bridgehead atoms. The number of carboxylic acids is 1. The van der Waals surface area contributed by atoms with Crippen LogP contribution in [0.4, 0.5) is 5.69 Å². The highest BCUT2D eigenvalue weighted by atomic mass is 16.4. The van der Waals surface area contributed by atoms with Gasteiger partial charge in [0.2, 0.25) is 0 Å². The summed E-state index contributed by atoms with van der Waals surface area (Å²) in [5.74, 6) is -1.27. The molecule has 1 saturated heterocycles. The number of carboxylic acid groups (broad SMARTS) is 1. The molecule has 0 aromatic heterocycles. The van der Waals surface area contributed by atoms with Gasteiger partial charge in [0.1, 0.15) is 5.54 Å². The predicted molar refractivity (Wildman–Crippen MR) is 71.8 cm³/mol. The van der Waals surface area contributed by atoms with Gasteiger partial charge in [0, 0.05) is 12.2 Å². The third-order valence-electron chi connectivity index (χ3n) is 3.79. The topological polar surface area (TPSA) is 83.6 Å². The molecule has 1 aliphatic heterocycles. The molecule has 0 aliphatic carbocycles. The minimum Gasteiger partial charge on any atom is -0.480 e. The summed E-state index contributed by atoms with van der Waals surface area (Å²) in [5, 5.41) is 9.41. The normalized spacial score (nSPS) is 23.1. The molecule has 5 nitrogen and oxygen atoms in total. The van der Waals surface area contributed by atoms with Crippen molar-refractivity contribution in [1.29, 1.82) is 0 Å². The van der Waals surface area contributed by atoms with Crippen LogP contribution in [0, 0.1) is 0 Å². The number of amides is 1. The number of nitrogens with two attached hydrogens (primary N) is 1. The summed E-state index contributed by atoms with van der Waals surface area (Å²) >= 11 is 0. The van der Waals surface area contributed by atoms with Crippen LogP contribution in [0.2, 0.25) is 0 Å². The molecule has 1 fully saturated rings. The average molecular weight is 262 g/mol. The summed E-state index contributed by atoms with van der Waals surface area (Å²) in [4.78, 5) is 25.4. The summed E-state index contributed by atoms with van der Waals surface area (Å²) in [6.07, 6.45) is 2.11. The van der Waals surface area contributed by atoms with Gasteiger partial charge in [-0.3, -0.25) is 4.79 Å². The number of aliphatic carboxylic acids is 1. The van der Waals surface area contributed by atoms with Crippen molar-refractivity contribution in [2.45, 2.75) is 31.7 Å². The highest BCUT2D eigenvalue weighted by Crippen LogP contribution is 2.30. The number of hydrogen-bond donors (Lipinski definition) is 2. The second-order valence-corrected chi connectivity index (χ2v) is 5.08. The maximum Gasteiger partial charge on any atom is 0.329 e. The molecular formula is C14H18N2O3. The van der Waals surface area contributed by atoms with Gasteiger partial charge >= 0.3 is 5.97 Å². The second kappa shape index (κ2) is 4.91. The second-order valence-electron chi connectivity index (χ2n) is 5.08. The minimum absolute atomic E-state index is 0.303. The lowest BCUT2D eigenvalue weighted by atomic mass is 9.87. The summed E-state index contributed by atoms with van der Waals surface area (Å²) in [5.41, 5.74) is 5.41. The third kappa shape index (κ3) is 2.28. The Morgan fingerprint density at radius 3 is 2.63 bits per heavy atom. The maximum absolute atomic E-state index is 12.5. The number of nitrogen functional groups attached to an aromatic ring is 1. The molecule has 1 unspecified atom stereocenters. The van der Waals surface area contributed by atoms with Crippen LogP contribution in [0.25, 0.3) is 0 Å². The first-order chi connectivity index (χ1) is 8.97. The lowest BCUT2D eigenvalue weighted by Gasteiger charge is -2.41. The number of anilines is 1. The maximum atomic E-state index is 12.5. The van der Waals surface area contributed by atoms with Gasteiger partial charge in [-0.25, -0.2) is 4.79 Å². The Morgan fingerprint density at radius 2 is 2.00 bits per heavy atom. The van der Waals surface area contributed by atoms with Crippen molar-refractivity contribution in [3.8, 4) is 0 Å². The first-order valence-corrected chi connectivity index (χ1v) is 6.36. The zero-order valence-electron chi connectivity index (χ0n) is 10.9. The van der Waals surface area contributed by atoms with Gasteiger partial charge in [-0.1, -0.05) is 12.1 Å². The summed E-state index contributed by atoms with van der Waals surface area (Å²) < 4.78 is 0. The van der Waals surface area contributed by atoms with Crippen LogP contribution in [-0.2, 0) is 4.79 Å². The van der Waals surface area contributed by atoms with E-state index in [0.717, 1.165) is 12.8 Å². The lowest BCUT2D eigenvalue weighted by molar-refractivity contribution is -0.150. The van der Waals surface area contributed by atoms with E-state index in [1.807, 2.05) is 0 Å².